The number of hydrogen-bond donors (Lipinski definition) is 0. The fraction of sp³-hybridized carbons (Fsp3) is 0.588. The van der Waals surface area contributed by atoms with Gasteiger partial charge < -0.3 is 9.47 Å². The van der Waals surface area contributed by atoms with E-state index < -0.39 is 6.36 Å². The molecule has 0 aliphatic heterocycles. The Kier molecular flexibility index (Phi) is 9.17. The minimum absolute atomic E-state index is 0.181. The molecule has 1 aromatic rings. The second-order valence-corrected chi connectivity index (χ2v) is 5.38. The van der Waals surface area contributed by atoms with Crippen molar-refractivity contribution in [1.82, 2.24) is 0 Å². The van der Waals surface area contributed by atoms with E-state index in [2.05, 4.69) is 9.47 Å². The molecule has 1 rings (SSSR count). The Bertz CT molecular complexity index is 430. The summed E-state index contributed by atoms with van der Waals surface area (Å²) < 4.78 is 44.5. The van der Waals surface area contributed by atoms with Crippen LogP contribution in [0.25, 0.3) is 0 Å². The summed E-state index contributed by atoms with van der Waals surface area (Å²) in [5, 5.41) is 0. The number of rotatable bonds is 12. The topological polar surface area (TPSA) is 35.5 Å². The van der Waals surface area contributed by atoms with Crippen LogP contribution < -0.4 is 4.74 Å². The zero-order chi connectivity index (χ0) is 17.0. The zero-order valence-corrected chi connectivity index (χ0v) is 13.1. The van der Waals surface area contributed by atoms with Crippen LogP contribution >= 0.6 is 0 Å². The normalized spacial score (nSPS) is 11.3. The molecule has 0 aliphatic carbocycles. The summed E-state index contributed by atoms with van der Waals surface area (Å²) >= 11 is 0. The van der Waals surface area contributed by atoms with Crippen LogP contribution in [0.5, 0.6) is 5.75 Å². The molecule has 1 aromatic carbocycles. The van der Waals surface area contributed by atoms with Gasteiger partial charge >= 0.3 is 6.36 Å². The number of alkyl halides is 3. The van der Waals surface area contributed by atoms with E-state index in [1.54, 1.807) is 12.1 Å². The second kappa shape index (κ2) is 10.9. The van der Waals surface area contributed by atoms with E-state index in [1.807, 2.05) is 0 Å². The van der Waals surface area contributed by atoms with Gasteiger partial charge in [-0.05, 0) is 37.0 Å². The minimum Gasteiger partial charge on any atom is -0.468 e. The Hall–Kier alpha value is -1.72. The Balaban J connectivity index is 2.04. The maximum atomic E-state index is 12.0. The molecule has 130 valence electrons. The van der Waals surface area contributed by atoms with Gasteiger partial charge in [0, 0.05) is 0 Å². The SMILES string of the molecule is O=COCCCCCCCCCc1ccc(OC(F)(F)F)cc1. The molecule has 3 nitrogen and oxygen atoms in total. The molecule has 23 heavy (non-hydrogen) atoms. The van der Waals surface area contributed by atoms with Crippen molar-refractivity contribution in [3.05, 3.63) is 29.8 Å². The highest BCUT2D eigenvalue weighted by Crippen LogP contribution is 2.23. The van der Waals surface area contributed by atoms with Crippen LogP contribution in [0.2, 0.25) is 0 Å². The molecule has 0 atom stereocenters. The highest BCUT2D eigenvalue weighted by Gasteiger charge is 2.30. The molecular weight excluding hydrogens is 309 g/mol. The summed E-state index contributed by atoms with van der Waals surface area (Å²) in [6.45, 7) is 0.972. The van der Waals surface area contributed by atoms with Crippen molar-refractivity contribution in [2.45, 2.75) is 57.7 Å². The predicted molar refractivity (Wildman–Crippen MR) is 81.2 cm³/mol. The van der Waals surface area contributed by atoms with Gasteiger partial charge in [-0.25, -0.2) is 0 Å². The van der Waals surface area contributed by atoms with Crippen molar-refractivity contribution in [2.24, 2.45) is 0 Å². The van der Waals surface area contributed by atoms with E-state index in [0.717, 1.165) is 56.9 Å². The highest BCUT2D eigenvalue weighted by molar-refractivity contribution is 5.36. The lowest BCUT2D eigenvalue weighted by atomic mass is 10.0. The van der Waals surface area contributed by atoms with Crippen LogP contribution in [0.1, 0.15) is 50.5 Å². The van der Waals surface area contributed by atoms with Crippen molar-refractivity contribution in [3.8, 4) is 5.75 Å². The molecule has 0 radical (unpaired) electrons. The van der Waals surface area contributed by atoms with Crippen LogP contribution in [0.4, 0.5) is 13.2 Å². The molecule has 0 heterocycles. The third-order valence-corrected chi connectivity index (χ3v) is 3.45. The number of halogens is 3. The van der Waals surface area contributed by atoms with Crippen LogP contribution in [-0.4, -0.2) is 19.4 Å². The maximum absolute atomic E-state index is 12.0. The number of hydrogen-bond acceptors (Lipinski definition) is 3. The van der Waals surface area contributed by atoms with Crippen molar-refractivity contribution >= 4 is 6.47 Å². The van der Waals surface area contributed by atoms with Gasteiger partial charge in [0.15, 0.2) is 0 Å². The summed E-state index contributed by atoms with van der Waals surface area (Å²) in [4.78, 5) is 9.93. The molecule has 6 heteroatoms. The molecule has 0 unspecified atom stereocenters. The summed E-state index contributed by atoms with van der Waals surface area (Å²) in [5.74, 6) is -0.181. The standard InChI is InChI=1S/C17H23F3O3/c18-17(19,20)23-16-11-9-15(10-12-16)8-6-4-2-1-3-5-7-13-22-14-21/h9-12,14H,1-8,13H2. The van der Waals surface area contributed by atoms with Crippen molar-refractivity contribution in [1.29, 1.82) is 0 Å². The molecule has 0 bridgehead atoms. The number of carbonyl (C=O) groups is 1. The molecular formula is C17H23F3O3. The van der Waals surface area contributed by atoms with Gasteiger partial charge in [0.2, 0.25) is 0 Å². The van der Waals surface area contributed by atoms with Gasteiger partial charge in [-0.15, -0.1) is 13.2 Å². The number of aryl methyl sites for hydroxylation is 1. The first-order valence-electron chi connectivity index (χ1n) is 7.91. The molecule has 0 N–H and O–H groups in total. The van der Waals surface area contributed by atoms with Gasteiger partial charge in [0.25, 0.3) is 6.47 Å². The average Bonchev–Trinajstić information content (AvgIpc) is 2.49. The summed E-state index contributed by atoms with van der Waals surface area (Å²) in [6.07, 6.45) is 3.74. The first kappa shape index (κ1) is 19.3. The Morgan fingerprint density at radius 1 is 0.870 bits per heavy atom. The lowest BCUT2D eigenvalue weighted by Gasteiger charge is -2.09. The first-order valence-corrected chi connectivity index (χ1v) is 7.91. The van der Waals surface area contributed by atoms with Gasteiger partial charge in [-0.2, -0.15) is 0 Å². The van der Waals surface area contributed by atoms with Gasteiger partial charge in [-0.1, -0.05) is 44.2 Å². The van der Waals surface area contributed by atoms with Gasteiger partial charge in [0.05, 0.1) is 6.61 Å². The third-order valence-electron chi connectivity index (χ3n) is 3.45. The Morgan fingerprint density at radius 2 is 1.43 bits per heavy atom. The molecule has 0 saturated heterocycles. The molecule has 0 aromatic heterocycles. The summed E-state index contributed by atoms with van der Waals surface area (Å²) in [5.41, 5.74) is 1.02. The molecule has 0 saturated carbocycles. The Morgan fingerprint density at radius 3 is 2.00 bits per heavy atom. The summed E-state index contributed by atoms with van der Waals surface area (Å²) in [6, 6.07) is 6.05. The van der Waals surface area contributed by atoms with Crippen LogP contribution in [0.3, 0.4) is 0 Å². The number of carbonyl (C=O) groups excluding carboxylic acids is 1. The van der Waals surface area contributed by atoms with E-state index in [-0.39, 0.29) is 5.75 Å². The lowest BCUT2D eigenvalue weighted by molar-refractivity contribution is -0.274. The van der Waals surface area contributed by atoms with Crippen LogP contribution in [0.15, 0.2) is 24.3 Å². The Labute approximate surface area is 134 Å². The van der Waals surface area contributed by atoms with Crippen molar-refractivity contribution in [3.63, 3.8) is 0 Å². The molecule has 0 aliphatic rings. The van der Waals surface area contributed by atoms with Crippen molar-refractivity contribution < 1.29 is 27.4 Å². The maximum Gasteiger partial charge on any atom is 0.573 e. The van der Waals surface area contributed by atoms with Crippen LogP contribution in [0, 0.1) is 0 Å². The van der Waals surface area contributed by atoms with E-state index in [9.17, 15) is 18.0 Å². The second-order valence-electron chi connectivity index (χ2n) is 5.38. The predicted octanol–water partition coefficient (Wildman–Crippen LogP) is 5.03. The first-order chi connectivity index (χ1) is 11.0. The smallest absolute Gasteiger partial charge is 0.468 e. The third kappa shape index (κ3) is 10.6. The van der Waals surface area contributed by atoms with E-state index in [1.165, 1.54) is 12.1 Å². The number of benzene rings is 1. The fourth-order valence-corrected chi connectivity index (χ4v) is 2.30. The lowest BCUT2D eigenvalue weighted by Crippen LogP contribution is -2.17. The highest BCUT2D eigenvalue weighted by atomic mass is 19.4. The molecule has 0 fully saturated rings. The molecule has 0 spiro atoms. The van der Waals surface area contributed by atoms with Gasteiger partial charge in [0.1, 0.15) is 5.75 Å². The van der Waals surface area contributed by atoms with E-state index in [0.29, 0.717) is 13.1 Å². The average molecular weight is 332 g/mol. The van der Waals surface area contributed by atoms with Crippen molar-refractivity contribution in [2.75, 3.05) is 6.61 Å². The van der Waals surface area contributed by atoms with E-state index in [4.69, 9.17) is 0 Å². The number of ether oxygens (including phenoxy) is 2. The fourth-order valence-electron chi connectivity index (χ4n) is 2.30. The largest absolute Gasteiger partial charge is 0.573 e. The summed E-state index contributed by atoms with van der Waals surface area (Å²) in [7, 11) is 0. The zero-order valence-electron chi connectivity index (χ0n) is 13.1. The molecule has 0 amide bonds. The van der Waals surface area contributed by atoms with E-state index >= 15 is 0 Å². The van der Waals surface area contributed by atoms with Crippen LogP contribution in [-0.2, 0) is 16.0 Å². The number of unbranched alkanes of at least 4 members (excludes halogenated alkanes) is 6. The van der Waals surface area contributed by atoms with Gasteiger partial charge in [-0.3, -0.25) is 4.79 Å². The monoisotopic (exact) mass is 332 g/mol. The quantitative estimate of drug-likeness (QED) is 0.398. The minimum atomic E-state index is -4.64.